The number of rotatable bonds is 1. The molecule has 0 aromatic carbocycles. The third-order valence-electron chi connectivity index (χ3n) is 0.317. The van der Waals surface area contributed by atoms with Gasteiger partial charge in [0.25, 0.3) is 0 Å². The van der Waals surface area contributed by atoms with Crippen molar-refractivity contribution in [3.63, 3.8) is 0 Å². The Morgan fingerprint density at radius 2 is 2.43 bits per heavy atom. The maximum Gasteiger partial charge on any atom is 0.135 e. The van der Waals surface area contributed by atoms with Gasteiger partial charge in [-0.1, -0.05) is 11.6 Å². The van der Waals surface area contributed by atoms with Gasteiger partial charge >= 0.3 is 0 Å². The average molecular weight is 123 g/mol. The van der Waals surface area contributed by atoms with Crippen LogP contribution < -0.4 is 10.4 Å². The first-order chi connectivity index (χ1) is 3.13. The number of alkyl halides is 1. The highest BCUT2D eigenvalue weighted by molar-refractivity contribution is 6.20. The molecule has 0 saturated carbocycles. The van der Waals surface area contributed by atoms with Crippen LogP contribution in [0.25, 0.3) is 0 Å². The third kappa shape index (κ3) is 5.56. The summed E-state index contributed by atoms with van der Waals surface area (Å²) in [6.45, 7) is 1.50. The molecule has 1 N–H and O–H groups in total. The standard InChI is InChI=1S/C3H6ClNO2/c1-2(4)5-3(6)7/h2,5H,1H3,(H,6,7)/p-1. The predicted octanol–water partition coefficient (Wildman–Crippen LogP) is -0.496. The van der Waals surface area contributed by atoms with E-state index in [1.165, 1.54) is 6.92 Å². The lowest BCUT2D eigenvalue weighted by atomic mass is 10.7. The third-order valence-corrected chi connectivity index (χ3v) is 0.426. The summed E-state index contributed by atoms with van der Waals surface area (Å²) < 4.78 is 0. The second kappa shape index (κ2) is 2.69. The number of nitrogens with one attached hydrogen (secondary N) is 1. The Morgan fingerprint density at radius 1 is 2.00 bits per heavy atom. The quantitative estimate of drug-likeness (QED) is 0.377. The van der Waals surface area contributed by atoms with Crippen LogP contribution in [0.2, 0.25) is 0 Å². The molecule has 42 valence electrons. The number of carbonyl (C=O) groups is 1. The number of carboxylic acid groups (broad SMARTS) is 1. The summed E-state index contributed by atoms with van der Waals surface area (Å²) in [4.78, 5) is 9.50. The first kappa shape index (κ1) is 6.56. The molecule has 1 unspecified atom stereocenters. The van der Waals surface area contributed by atoms with Crippen molar-refractivity contribution in [1.82, 2.24) is 5.32 Å². The zero-order chi connectivity index (χ0) is 5.86. The highest BCUT2D eigenvalue weighted by atomic mass is 35.5. The van der Waals surface area contributed by atoms with E-state index in [2.05, 4.69) is 0 Å². The number of hydrogen-bond acceptors (Lipinski definition) is 2. The molecule has 3 nitrogen and oxygen atoms in total. The molecular formula is C3H5ClNO2-. The van der Waals surface area contributed by atoms with Gasteiger partial charge in [-0.25, -0.2) is 0 Å². The molecule has 1 atom stereocenters. The topological polar surface area (TPSA) is 52.2 Å². The van der Waals surface area contributed by atoms with E-state index >= 15 is 0 Å². The molecule has 0 aliphatic rings. The van der Waals surface area contributed by atoms with Crippen LogP contribution in [0, 0.1) is 0 Å². The molecule has 0 spiro atoms. The number of carbonyl (C=O) groups excluding carboxylic acids is 1. The maximum absolute atomic E-state index is 9.50. The highest BCUT2D eigenvalue weighted by Gasteiger charge is 1.88. The van der Waals surface area contributed by atoms with Crippen LogP contribution in [0.15, 0.2) is 0 Å². The van der Waals surface area contributed by atoms with E-state index in [4.69, 9.17) is 11.6 Å². The van der Waals surface area contributed by atoms with E-state index in [9.17, 15) is 9.90 Å². The monoisotopic (exact) mass is 122 g/mol. The summed E-state index contributed by atoms with van der Waals surface area (Å²) >= 11 is 5.14. The number of halogens is 1. The minimum atomic E-state index is -1.34. The van der Waals surface area contributed by atoms with Crippen LogP contribution in [0.1, 0.15) is 6.92 Å². The Bertz CT molecular complexity index is 73.3. The molecule has 4 heteroatoms. The van der Waals surface area contributed by atoms with Gasteiger partial charge in [-0.15, -0.1) is 0 Å². The summed E-state index contributed by atoms with van der Waals surface area (Å²) in [5.41, 5.74) is -0.565. The number of hydrogen-bond donors (Lipinski definition) is 1. The molecule has 0 heterocycles. The predicted molar refractivity (Wildman–Crippen MR) is 23.8 cm³/mol. The summed E-state index contributed by atoms with van der Waals surface area (Å²) in [6.07, 6.45) is -1.34. The lowest BCUT2D eigenvalue weighted by Crippen LogP contribution is -2.39. The Balaban J connectivity index is 3.13. The van der Waals surface area contributed by atoms with Gasteiger partial charge in [-0.3, -0.25) is 0 Å². The lowest BCUT2D eigenvalue weighted by molar-refractivity contribution is -0.250. The summed E-state index contributed by atoms with van der Waals surface area (Å²) in [5.74, 6) is 0. The van der Waals surface area contributed by atoms with Crippen molar-refractivity contribution in [1.29, 1.82) is 0 Å². The minimum Gasteiger partial charge on any atom is -0.530 e. The van der Waals surface area contributed by atoms with Crippen molar-refractivity contribution in [3.8, 4) is 0 Å². The zero-order valence-corrected chi connectivity index (χ0v) is 4.53. The number of amides is 1. The molecule has 0 rings (SSSR count). The minimum absolute atomic E-state index is 0.565. The van der Waals surface area contributed by atoms with Crippen molar-refractivity contribution < 1.29 is 9.90 Å². The summed E-state index contributed by atoms with van der Waals surface area (Å²) in [5, 5.41) is 11.4. The van der Waals surface area contributed by atoms with Gasteiger partial charge in [-0.2, -0.15) is 0 Å². The van der Waals surface area contributed by atoms with Crippen molar-refractivity contribution in [2.75, 3.05) is 0 Å². The van der Waals surface area contributed by atoms with E-state index < -0.39 is 11.6 Å². The van der Waals surface area contributed by atoms with Gasteiger partial charge in [0.05, 0.1) is 5.50 Å². The fourth-order valence-electron chi connectivity index (χ4n) is 0.162. The van der Waals surface area contributed by atoms with E-state index in [0.29, 0.717) is 0 Å². The second-order valence-electron chi connectivity index (χ2n) is 1.05. The maximum atomic E-state index is 9.50. The van der Waals surface area contributed by atoms with Gasteiger partial charge in [0.15, 0.2) is 0 Å². The van der Waals surface area contributed by atoms with Gasteiger partial charge in [0.1, 0.15) is 6.09 Å². The fourth-order valence-corrected chi connectivity index (χ4v) is 0.251. The fraction of sp³-hybridized carbons (Fsp3) is 0.667. The molecule has 0 aliphatic heterocycles. The van der Waals surface area contributed by atoms with Crippen molar-refractivity contribution >= 4 is 17.7 Å². The smallest absolute Gasteiger partial charge is 0.135 e. The van der Waals surface area contributed by atoms with Gasteiger partial charge in [0.2, 0.25) is 0 Å². The molecule has 0 saturated heterocycles. The van der Waals surface area contributed by atoms with E-state index in [-0.39, 0.29) is 0 Å². The Morgan fingerprint density at radius 3 is 2.43 bits per heavy atom. The largest absolute Gasteiger partial charge is 0.530 e. The van der Waals surface area contributed by atoms with Crippen molar-refractivity contribution in [2.45, 2.75) is 12.4 Å². The molecule has 0 aliphatic carbocycles. The molecule has 0 bridgehead atoms. The van der Waals surface area contributed by atoms with Crippen LogP contribution in [0.4, 0.5) is 4.79 Å². The molecule has 0 aromatic rings. The first-order valence-corrected chi connectivity index (χ1v) is 2.18. The first-order valence-electron chi connectivity index (χ1n) is 1.74. The Labute approximate surface area is 46.3 Å². The Hall–Kier alpha value is -0.440. The summed E-state index contributed by atoms with van der Waals surface area (Å²) in [7, 11) is 0. The van der Waals surface area contributed by atoms with Crippen molar-refractivity contribution in [2.24, 2.45) is 0 Å². The van der Waals surface area contributed by atoms with Crippen molar-refractivity contribution in [3.05, 3.63) is 0 Å². The van der Waals surface area contributed by atoms with Crippen LogP contribution >= 0.6 is 11.6 Å². The van der Waals surface area contributed by atoms with Gasteiger partial charge in [-0.05, 0) is 6.92 Å². The van der Waals surface area contributed by atoms with Crippen LogP contribution in [0.5, 0.6) is 0 Å². The van der Waals surface area contributed by atoms with E-state index in [1.807, 2.05) is 5.32 Å². The van der Waals surface area contributed by atoms with Gasteiger partial charge < -0.3 is 15.2 Å². The van der Waals surface area contributed by atoms with E-state index in [1.54, 1.807) is 0 Å². The zero-order valence-electron chi connectivity index (χ0n) is 3.77. The molecule has 0 aromatic heterocycles. The molecule has 7 heavy (non-hydrogen) atoms. The summed E-state index contributed by atoms with van der Waals surface area (Å²) in [6, 6.07) is 0. The lowest BCUT2D eigenvalue weighted by Gasteiger charge is -2.05. The highest BCUT2D eigenvalue weighted by Crippen LogP contribution is 1.82. The normalized spacial score (nSPS) is 12.9. The molecule has 0 fully saturated rings. The molecule has 1 amide bonds. The SMILES string of the molecule is CC(Cl)NC(=O)[O-]. The van der Waals surface area contributed by atoms with Crippen LogP contribution in [0.3, 0.4) is 0 Å². The Kier molecular flexibility index (Phi) is 2.52. The molecular weight excluding hydrogens is 117 g/mol. The molecule has 0 radical (unpaired) electrons. The average Bonchev–Trinajstić information content (AvgIpc) is 1.27. The van der Waals surface area contributed by atoms with Gasteiger partial charge in [0, 0.05) is 0 Å². The van der Waals surface area contributed by atoms with E-state index in [0.717, 1.165) is 0 Å². The van der Waals surface area contributed by atoms with Crippen LogP contribution in [-0.2, 0) is 0 Å². The second-order valence-corrected chi connectivity index (χ2v) is 1.70. The van der Waals surface area contributed by atoms with Crippen LogP contribution in [-0.4, -0.2) is 11.6 Å².